The average molecular weight is 296 g/mol. The number of rotatable bonds is 5. The van der Waals surface area contributed by atoms with Gasteiger partial charge in [-0.3, -0.25) is 9.80 Å². The highest BCUT2D eigenvalue weighted by molar-refractivity contribution is 4.89. The van der Waals surface area contributed by atoms with Gasteiger partial charge in [-0.25, -0.2) is 0 Å². The molecule has 1 saturated carbocycles. The maximum absolute atomic E-state index is 3.60. The number of hydrogen-bond acceptors (Lipinski definition) is 3. The van der Waals surface area contributed by atoms with E-state index in [2.05, 4.69) is 50.0 Å². The van der Waals surface area contributed by atoms with Crippen LogP contribution in [0.2, 0.25) is 0 Å². The number of hydrogen-bond donors (Lipinski definition) is 1. The Balaban J connectivity index is 1.92. The Bertz CT molecular complexity index is 295. The summed E-state index contributed by atoms with van der Waals surface area (Å²) in [5.74, 6) is 1.83. The second kappa shape index (κ2) is 7.94. The van der Waals surface area contributed by atoms with Crippen molar-refractivity contribution in [3.05, 3.63) is 0 Å². The molecule has 1 aliphatic carbocycles. The summed E-state index contributed by atoms with van der Waals surface area (Å²) in [6.07, 6.45) is 7.04. The largest absolute Gasteiger partial charge is 0.317 e. The molecule has 1 heterocycles. The fourth-order valence-electron chi connectivity index (χ4n) is 4.61. The molecule has 0 bridgehead atoms. The third-order valence-corrected chi connectivity index (χ3v) is 6.09. The zero-order valence-electron chi connectivity index (χ0n) is 14.9. The Morgan fingerprint density at radius 3 is 2.33 bits per heavy atom. The van der Waals surface area contributed by atoms with Crippen LogP contribution in [-0.2, 0) is 0 Å². The fraction of sp³-hybridized carbons (Fsp3) is 1.00. The summed E-state index contributed by atoms with van der Waals surface area (Å²) in [5, 5.41) is 3.60. The van der Waals surface area contributed by atoms with Crippen LogP contribution in [0.5, 0.6) is 0 Å². The molecule has 0 aromatic carbocycles. The van der Waals surface area contributed by atoms with E-state index in [0.29, 0.717) is 12.1 Å². The molecule has 124 valence electrons. The van der Waals surface area contributed by atoms with Crippen LogP contribution >= 0.6 is 0 Å². The lowest BCUT2D eigenvalue weighted by Gasteiger charge is -2.45. The van der Waals surface area contributed by atoms with Gasteiger partial charge in [0, 0.05) is 37.8 Å². The first kappa shape index (κ1) is 17.2. The van der Waals surface area contributed by atoms with Crippen molar-refractivity contribution in [2.24, 2.45) is 11.8 Å². The molecule has 21 heavy (non-hydrogen) atoms. The van der Waals surface area contributed by atoms with Gasteiger partial charge in [-0.05, 0) is 59.0 Å². The van der Waals surface area contributed by atoms with E-state index in [0.717, 1.165) is 17.9 Å². The molecule has 0 aromatic heterocycles. The third-order valence-electron chi connectivity index (χ3n) is 6.09. The summed E-state index contributed by atoms with van der Waals surface area (Å²) in [6, 6.07) is 2.12. The van der Waals surface area contributed by atoms with E-state index in [1.165, 1.54) is 51.7 Å². The minimum Gasteiger partial charge on any atom is -0.317 e. The van der Waals surface area contributed by atoms with Crippen molar-refractivity contribution < 1.29 is 0 Å². The highest BCUT2D eigenvalue weighted by Gasteiger charge is 2.33. The molecule has 1 saturated heterocycles. The summed E-state index contributed by atoms with van der Waals surface area (Å²) in [5.41, 5.74) is 0. The minimum absolute atomic E-state index is 0.691. The van der Waals surface area contributed by atoms with Crippen LogP contribution in [0.1, 0.15) is 52.9 Å². The Morgan fingerprint density at radius 1 is 1.10 bits per heavy atom. The van der Waals surface area contributed by atoms with Gasteiger partial charge in [-0.1, -0.05) is 19.8 Å². The monoisotopic (exact) mass is 295 g/mol. The highest BCUT2D eigenvalue weighted by Crippen LogP contribution is 2.33. The van der Waals surface area contributed by atoms with E-state index in [1.54, 1.807) is 0 Å². The number of piperazine rings is 1. The van der Waals surface area contributed by atoms with Gasteiger partial charge in [0.05, 0.1) is 0 Å². The molecule has 1 N–H and O–H groups in total. The molecule has 0 amide bonds. The highest BCUT2D eigenvalue weighted by atomic mass is 15.3. The lowest BCUT2D eigenvalue weighted by atomic mass is 9.76. The first-order valence-electron chi connectivity index (χ1n) is 9.16. The predicted octanol–water partition coefficient (Wildman–Crippen LogP) is 2.82. The van der Waals surface area contributed by atoms with E-state index in [1.807, 2.05) is 0 Å². The quantitative estimate of drug-likeness (QED) is 0.841. The second-order valence-electron chi connectivity index (χ2n) is 7.71. The van der Waals surface area contributed by atoms with Crippen molar-refractivity contribution in [2.75, 3.05) is 33.7 Å². The molecule has 0 aromatic rings. The first-order chi connectivity index (χ1) is 10.0. The van der Waals surface area contributed by atoms with Crippen LogP contribution in [0.15, 0.2) is 0 Å². The number of nitrogens with zero attached hydrogens (tertiary/aromatic N) is 2. The van der Waals surface area contributed by atoms with Crippen LogP contribution in [0.25, 0.3) is 0 Å². The molecular weight excluding hydrogens is 258 g/mol. The Labute approximate surface area is 132 Å². The molecule has 3 nitrogen and oxygen atoms in total. The molecule has 2 rings (SSSR count). The smallest absolute Gasteiger partial charge is 0.0195 e. The average Bonchev–Trinajstić information content (AvgIpc) is 2.45. The van der Waals surface area contributed by atoms with E-state index < -0.39 is 0 Å². The standard InChI is InChI=1S/C18H37N3/c1-6-7-16-8-9-18(19-4)17(10-16)13-21-11-14(2)20(5)15(3)12-21/h14-19H,6-13H2,1-5H3. The van der Waals surface area contributed by atoms with Crippen LogP contribution in [0.4, 0.5) is 0 Å². The van der Waals surface area contributed by atoms with Crippen molar-refractivity contribution in [3.8, 4) is 0 Å². The van der Waals surface area contributed by atoms with Gasteiger partial charge in [-0.15, -0.1) is 0 Å². The van der Waals surface area contributed by atoms with Crippen LogP contribution in [-0.4, -0.2) is 61.7 Å². The normalized spacial score (nSPS) is 39.6. The molecule has 2 aliphatic rings. The lowest BCUT2D eigenvalue weighted by molar-refractivity contribution is 0.0375. The summed E-state index contributed by atoms with van der Waals surface area (Å²) < 4.78 is 0. The van der Waals surface area contributed by atoms with Crippen molar-refractivity contribution in [3.63, 3.8) is 0 Å². The molecular formula is C18H37N3. The van der Waals surface area contributed by atoms with Gasteiger partial charge in [-0.2, -0.15) is 0 Å². The Hall–Kier alpha value is -0.120. The van der Waals surface area contributed by atoms with Crippen molar-refractivity contribution in [1.29, 1.82) is 0 Å². The van der Waals surface area contributed by atoms with Gasteiger partial charge in [0.2, 0.25) is 0 Å². The molecule has 0 radical (unpaired) electrons. The van der Waals surface area contributed by atoms with E-state index in [-0.39, 0.29) is 0 Å². The number of nitrogens with one attached hydrogen (secondary N) is 1. The fourth-order valence-corrected chi connectivity index (χ4v) is 4.61. The van der Waals surface area contributed by atoms with Crippen molar-refractivity contribution >= 4 is 0 Å². The van der Waals surface area contributed by atoms with E-state index in [4.69, 9.17) is 0 Å². The SMILES string of the molecule is CCCC1CCC(NC)C(CN2CC(C)N(C)C(C)C2)C1. The molecule has 3 heteroatoms. The maximum atomic E-state index is 3.60. The summed E-state index contributed by atoms with van der Waals surface area (Å²) in [7, 11) is 4.44. The van der Waals surface area contributed by atoms with Crippen molar-refractivity contribution in [2.45, 2.75) is 71.0 Å². The van der Waals surface area contributed by atoms with E-state index >= 15 is 0 Å². The predicted molar refractivity (Wildman–Crippen MR) is 91.7 cm³/mol. The van der Waals surface area contributed by atoms with Crippen LogP contribution in [0.3, 0.4) is 0 Å². The van der Waals surface area contributed by atoms with Crippen LogP contribution < -0.4 is 5.32 Å². The summed E-state index contributed by atoms with van der Waals surface area (Å²) in [6.45, 7) is 10.9. The van der Waals surface area contributed by atoms with Gasteiger partial charge in [0.25, 0.3) is 0 Å². The Morgan fingerprint density at radius 2 is 1.76 bits per heavy atom. The minimum atomic E-state index is 0.691. The molecule has 5 atom stereocenters. The molecule has 1 aliphatic heterocycles. The van der Waals surface area contributed by atoms with Gasteiger partial charge in [0.1, 0.15) is 0 Å². The molecule has 5 unspecified atom stereocenters. The zero-order chi connectivity index (χ0) is 15.4. The maximum Gasteiger partial charge on any atom is 0.0195 e. The molecule has 0 spiro atoms. The van der Waals surface area contributed by atoms with Crippen molar-refractivity contribution in [1.82, 2.24) is 15.1 Å². The van der Waals surface area contributed by atoms with Crippen LogP contribution in [0, 0.1) is 11.8 Å². The first-order valence-corrected chi connectivity index (χ1v) is 9.16. The summed E-state index contributed by atoms with van der Waals surface area (Å²) in [4.78, 5) is 5.27. The Kier molecular flexibility index (Phi) is 6.51. The lowest BCUT2D eigenvalue weighted by Crippen LogP contribution is -2.57. The third kappa shape index (κ3) is 4.43. The molecule has 2 fully saturated rings. The topological polar surface area (TPSA) is 18.5 Å². The summed E-state index contributed by atoms with van der Waals surface area (Å²) >= 11 is 0. The van der Waals surface area contributed by atoms with E-state index in [9.17, 15) is 0 Å². The second-order valence-corrected chi connectivity index (χ2v) is 7.71. The number of likely N-dealkylation sites (N-methyl/N-ethyl adjacent to an activating group) is 1. The zero-order valence-corrected chi connectivity index (χ0v) is 14.9. The van der Waals surface area contributed by atoms with Gasteiger partial charge >= 0.3 is 0 Å². The van der Waals surface area contributed by atoms with Gasteiger partial charge in [0.15, 0.2) is 0 Å². The van der Waals surface area contributed by atoms with Gasteiger partial charge < -0.3 is 5.32 Å².